The molecule has 1 aliphatic heterocycles. The summed E-state index contributed by atoms with van der Waals surface area (Å²) in [5.41, 5.74) is -0.522. The van der Waals surface area contributed by atoms with Gasteiger partial charge in [0.15, 0.2) is 0 Å². The summed E-state index contributed by atoms with van der Waals surface area (Å²) in [5, 5.41) is 20.5. The molecule has 1 rings (SSSR count). The van der Waals surface area contributed by atoms with Crippen molar-refractivity contribution in [2.75, 3.05) is 20.1 Å². The van der Waals surface area contributed by atoms with E-state index in [1.807, 2.05) is 0 Å². The third-order valence-electron chi connectivity index (χ3n) is 2.58. The van der Waals surface area contributed by atoms with Crippen LogP contribution in [0.4, 0.5) is 4.79 Å². The molecule has 13 heavy (non-hydrogen) atoms. The van der Waals surface area contributed by atoms with Gasteiger partial charge in [0.2, 0.25) is 0 Å². The third-order valence-corrected chi connectivity index (χ3v) is 2.58. The fourth-order valence-corrected chi connectivity index (χ4v) is 1.50. The van der Waals surface area contributed by atoms with Gasteiger partial charge in [-0.25, -0.2) is 4.79 Å². The molecule has 2 N–H and O–H groups in total. The van der Waals surface area contributed by atoms with Crippen molar-refractivity contribution in [2.45, 2.75) is 18.4 Å². The van der Waals surface area contributed by atoms with E-state index in [1.54, 1.807) is 7.05 Å². The summed E-state index contributed by atoms with van der Waals surface area (Å²) in [6.45, 7) is 0.869. The molecular weight excluding hydrogens is 170 g/mol. The molecule has 0 unspecified atom stereocenters. The van der Waals surface area contributed by atoms with Gasteiger partial charge in [-0.05, 0) is 19.9 Å². The first kappa shape index (κ1) is 9.81. The normalized spacial score (nSPS) is 20.8. The lowest BCUT2D eigenvalue weighted by atomic mass is 9.89. The van der Waals surface area contributed by atoms with Gasteiger partial charge in [0.1, 0.15) is 5.54 Å². The monoisotopic (exact) mass is 183 g/mol. The quantitative estimate of drug-likeness (QED) is 0.610. The molecule has 0 aromatic carbocycles. The van der Waals surface area contributed by atoms with E-state index in [0.717, 1.165) is 0 Å². The second-order valence-corrected chi connectivity index (χ2v) is 3.21. The first-order valence-corrected chi connectivity index (χ1v) is 4.21. The molecule has 0 radical (unpaired) electrons. The highest BCUT2D eigenvalue weighted by Crippen LogP contribution is 2.20. The Morgan fingerprint density at radius 1 is 1.62 bits per heavy atom. The molecule has 0 aromatic heterocycles. The van der Waals surface area contributed by atoms with E-state index in [0.29, 0.717) is 25.9 Å². The lowest BCUT2D eigenvalue weighted by molar-refractivity contribution is 0.121. The average molecular weight is 183 g/mol. The van der Waals surface area contributed by atoms with E-state index in [9.17, 15) is 4.79 Å². The summed E-state index contributed by atoms with van der Waals surface area (Å²) in [5.74, 6) is 0. The van der Waals surface area contributed by atoms with E-state index in [-0.39, 0.29) is 0 Å². The number of hydrogen-bond acceptors (Lipinski definition) is 3. The average Bonchev–Trinajstić information content (AvgIpc) is 2.18. The Bertz CT molecular complexity index is 238. The highest BCUT2D eigenvalue weighted by atomic mass is 16.4. The second-order valence-electron chi connectivity index (χ2n) is 3.21. The van der Waals surface area contributed by atoms with Crippen LogP contribution in [0.25, 0.3) is 0 Å². The van der Waals surface area contributed by atoms with Crippen LogP contribution in [0.5, 0.6) is 0 Å². The van der Waals surface area contributed by atoms with Crippen molar-refractivity contribution in [1.82, 2.24) is 10.2 Å². The van der Waals surface area contributed by atoms with Crippen LogP contribution in [0.15, 0.2) is 0 Å². The molecule has 0 atom stereocenters. The Labute approximate surface area is 76.9 Å². The minimum absolute atomic E-state index is 0.434. The second kappa shape index (κ2) is 3.62. The summed E-state index contributed by atoms with van der Waals surface area (Å²) in [6.07, 6.45) is 0.223. The molecule has 1 heterocycles. The largest absolute Gasteiger partial charge is 0.465 e. The molecule has 0 saturated carbocycles. The number of nitriles is 1. The Morgan fingerprint density at radius 3 is 2.46 bits per heavy atom. The zero-order valence-electron chi connectivity index (χ0n) is 7.58. The highest BCUT2D eigenvalue weighted by molar-refractivity contribution is 5.65. The number of hydrogen-bond donors (Lipinski definition) is 2. The van der Waals surface area contributed by atoms with Crippen LogP contribution in [0.2, 0.25) is 0 Å². The minimum atomic E-state index is -0.900. The lowest BCUT2D eigenvalue weighted by Gasteiger charge is -2.35. The smallest absolute Gasteiger partial charge is 0.407 e. The van der Waals surface area contributed by atoms with Crippen LogP contribution in [0.3, 0.4) is 0 Å². The SMILES string of the molecule is CNC1(C#N)CCN(C(=O)O)CC1. The van der Waals surface area contributed by atoms with Gasteiger partial charge >= 0.3 is 6.09 Å². The van der Waals surface area contributed by atoms with E-state index in [1.165, 1.54) is 4.90 Å². The van der Waals surface area contributed by atoms with E-state index < -0.39 is 11.6 Å². The molecule has 0 bridgehead atoms. The van der Waals surface area contributed by atoms with Gasteiger partial charge in [0.25, 0.3) is 0 Å². The zero-order valence-corrected chi connectivity index (χ0v) is 7.58. The summed E-state index contributed by atoms with van der Waals surface area (Å²) < 4.78 is 0. The summed E-state index contributed by atoms with van der Waals surface area (Å²) in [4.78, 5) is 11.9. The molecule has 0 aliphatic carbocycles. The first-order chi connectivity index (χ1) is 6.13. The van der Waals surface area contributed by atoms with Crippen molar-refractivity contribution >= 4 is 6.09 Å². The number of rotatable bonds is 1. The van der Waals surface area contributed by atoms with Crippen molar-refractivity contribution < 1.29 is 9.90 Å². The number of piperidine rings is 1. The van der Waals surface area contributed by atoms with E-state index in [4.69, 9.17) is 10.4 Å². The predicted molar refractivity (Wildman–Crippen MR) is 46.2 cm³/mol. The van der Waals surface area contributed by atoms with E-state index >= 15 is 0 Å². The summed E-state index contributed by atoms with van der Waals surface area (Å²) >= 11 is 0. The molecule has 1 amide bonds. The van der Waals surface area contributed by atoms with Crippen molar-refractivity contribution in [3.05, 3.63) is 0 Å². The van der Waals surface area contributed by atoms with Crippen molar-refractivity contribution in [1.29, 1.82) is 5.26 Å². The predicted octanol–water partition coefficient (Wildman–Crippen LogP) is 0.242. The van der Waals surface area contributed by atoms with Crippen LogP contribution < -0.4 is 5.32 Å². The summed E-state index contributed by atoms with van der Waals surface area (Å²) in [7, 11) is 1.74. The number of nitrogens with one attached hydrogen (secondary N) is 1. The molecule has 1 aliphatic rings. The lowest BCUT2D eigenvalue weighted by Crippen LogP contribution is -2.52. The zero-order chi connectivity index (χ0) is 9.90. The van der Waals surface area contributed by atoms with Crippen LogP contribution in [-0.4, -0.2) is 41.8 Å². The van der Waals surface area contributed by atoms with Gasteiger partial charge in [-0.2, -0.15) is 5.26 Å². The molecule has 0 spiro atoms. The number of amides is 1. The van der Waals surface area contributed by atoms with Gasteiger partial charge in [0.05, 0.1) is 6.07 Å². The fourth-order valence-electron chi connectivity index (χ4n) is 1.50. The first-order valence-electron chi connectivity index (χ1n) is 4.21. The Hall–Kier alpha value is -1.28. The molecule has 5 nitrogen and oxygen atoms in total. The summed E-state index contributed by atoms with van der Waals surface area (Å²) in [6, 6.07) is 2.20. The number of carboxylic acid groups (broad SMARTS) is 1. The fraction of sp³-hybridized carbons (Fsp3) is 0.750. The molecule has 72 valence electrons. The molecular formula is C8H13N3O2. The van der Waals surface area contributed by atoms with Gasteiger partial charge in [-0.1, -0.05) is 0 Å². The van der Waals surface area contributed by atoms with Crippen molar-refractivity contribution in [2.24, 2.45) is 0 Å². The maximum atomic E-state index is 10.6. The molecule has 5 heteroatoms. The topological polar surface area (TPSA) is 76.4 Å². The number of nitrogens with zero attached hydrogens (tertiary/aromatic N) is 2. The Morgan fingerprint density at radius 2 is 2.15 bits per heavy atom. The standard InChI is InChI=1S/C8H13N3O2/c1-10-8(6-9)2-4-11(5-3-8)7(12)13/h10H,2-5H2,1H3,(H,12,13). The van der Waals surface area contributed by atoms with Gasteiger partial charge in [-0.15, -0.1) is 0 Å². The van der Waals surface area contributed by atoms with Crippen LogP contribution >= 0.6 is 0 Å². The van der Waals surface area contributed by atoms with Crippen molar-refractivity contribution in [3.63, 3.8) is 0 Å². The highest BCUT2D eigenvalue weighted by Gasteiger charge is 2.34. The number of carbonyl (C=O) groups is 1. The molecule has 1 fully saturated rings. The van der Waals surface area contributed by atoms with Gasteiger partial charge in [-0.3, -0.25) is 0 Å². The van der Waals surface area contributed by atoms with Crippen molar-refractivity contribution in [3.8, 4) is 6.07 Å². The maximum absolute atomic E-state index is 10.6. The van der Waals surface area contributed by atoms with Gasteiger partial charge < -0.3 is 15.3 Å². The van der Waals surface area contributed by atoms with Gasteiger partial charge in [0, 0.05) is 13.1 Å². The van der Waals surface area contributed by atoms with Crippen LogP contribution in [-0.2, 0) is 0 Å². The maximum Gasteiger partial charge on any atom is 0.407 e. The van der Waals surface area contributed by atoms with Crippen LogP contribution in [0, 0.1) is 11.3 Å². The molecule has 0 aromatic rings. The minimum Gasteiger partial charge on any atom is -0.465 e. The van der Waals surface area contributed by atoms with E-state index in [2.05, 4.69) is 11.4 Å². The Kier molecular flexibility index (Phi) is 2.73. The molecule has 1 saturated heterocycles. The van der Waals surface area contributed by atoms with Crippen LogP contribution in [0.1, 0.15) is 12.8 Å². The Balaban J connectivity index is 2.56. The third kappa shape index (κ3) is 1.90. The number of likely N-dealkylation sites (tertiary alicyclic amines) is 1.